The smallest absolute Gasteiger partial charge is 0.340 e. The Hall–Kier alpha value is -2.04. The number of hydrogen-bond acceptors (Lipinski definition) is 4. The number of carbonyl (C=O) groups is 2. The van der Waals surface area contributed by atoms with Crippen LogP contribution >= 0.6 is 0 Å². The number of ether oxygens (including phenoxy) is 1. The highest BCUT2D eigenvalue weighted by molar-refractivity contribution is 5.97. The van der Waals surface area contributed by atoms with Crippen LogP contribution in [0.4, 0.5) is 5.69 Å². The molecule has 5 nitrogen and oxygen atoms in total. The van der Waals surface area contributed by atoms with E-state index in [-0.39, 0.29) is 16.8 Å². The Labute approximate surface area is 92.8 Å². The zero-order valence-corrected chi connectivity index (χ0v) is 8.90. The number of aromatic carboxylic acids is 1. The quantitative estimate of drug-likeness (QED) is 0.596. The maximum Gasteiger partial charge on any atom is 0.340 e. The Morgan fingerprint density at radius 2 is 2.12 bits per heavy atom. The highest BCUT2D eigenvalue weighted by Crippen LogP contribution is 2.15. The van der Waals surface area contributed by atoms with Crippen LogP contribution in [0, 0.1) is 0 Å². The molecule has 5 heteroatoms. The van der Waals surface area contributed by atoms with Crippen LogP contribution in [-0.4, -0.2) is 23.7 Å². The standard InChI is InChI=1S/C11H13NO4/c1-2-5-16-11(15)8-4-3-7(10(13)14)6-9(8)12/h3-4,6H,2,5,12H2,1H3,(H,13,14). The van der Waals surface area contributed by atoms with Gasteiger partial charge in [0.05, 0.1) is 17.7 Å². The molecule has 0 spiro atoms. The van der Waals surface area contributed by atoms with Crippen molar-refractivity contribution in [1.29, 1.82) is 0 Å². The van der Waals surface area contributed by atoms with Gasteiger partial charge in [0.25, 0.3) is 0 Å². The summed E-state index contributed by atoms with van der Waals surface area (Å²) in [7, 11) is 0. The van der Waals surface area contributed by atoms with Gasteiger partial charge in [-0.25, -0.2) is 9.59 Å². The minimum Gasteiger partial charge on any atom is -0.478 e. The lowest BCUT2D eigenvalue weighted by atomic mass is 10.1. The van der Waals surface area contributed by atoms with Crippen molar-refractivity contribution in [3.05, 3.63) is 29.3 Å². The molecular weight excluding hydrogens is 210 g/mol. The van der Waals surface area contributed by atoms with Gasteiger partial charge in [-0.15, -0.1) is 0 Å². The average Bonchev–Trinajstić information content (AvgIpc) is 2.25. The second-order valence-electron chi connectivity index (χ2n) is 3.24. The second kappa shape index (κ2) is 5.16. The Kier molecular flexibility index (Phi) is 3.88. The van der Waals surface area contributed by atoms with Gasteiger partial charge in [-0.1, -0.05) is 6.92 Å². The minimum absolute atomic E-state index is 0.0459. The van der Waals surface area contributed by atoms with E-state index < -0.39 is 11.9 Å². The van der Waals surface area contributed by atoms with E-state index in [0.29, 0.717) is 6.61 Å². The van der Waals surface area contributed by atoms with Crippen LogP contribution in [-0.2, 0) is 4.74 Å². The fourth-order valence-corrected chi connectivity index (χ4v) is 1.15. The minimum atomic E-state index is -1.08. The number of nitrogen functional groups attached to an aromatic ring is 1. The predicted molar refractivity (Wildman–Crippen MR) is 58.4 cm³/mol. The molecule has 0 bridgehead atoms. The summed E-state index contributed by atoms with van der Waals surface area (Å²) in [6.45, 7) is 2.20. The third kappa shape index (κ3) is 2.73. The van der Waals surface area contributed by atoms with Crippen molar-refractivity contribution in [3.8, 4) is 0 Å². The summed E-state index contributed by atoms with van der Waals surface area (Å²) >= 11 is 0. The molecule has 0 fully saturated rings. The molecule has 0 aliphatic rings. The van der Waals surface area contributed by atoms with Crippen LogP contribution in [0.25, 0.3) is 0 Å². The van der Waals surface area contributed by atoms with Crippen molar-refractivity contribution in [1.82, 2.24) is 0 Å². The molecule has 0 saturated carbocycles. The molecule has 0 amide bonds. The SMILES string of the molecule is CCCOC(=O)c1ccc(C(=O)O)cc1N. The fraction of sp³-hybridized carbons (Fsp3) is 0.273. The van der Waals surface area contributed by atoms with Gasteiger partial charge in [-0.3, -0.25) is 0 Å². The first kappa shape index (κ1) is 12.0. The number of carboxylic acids is 1. The molecule has 0 aliphatic heterocycles. The van der Waals surface area contributed by atoms with Crippen molar-refractivity contribution in [2.75, 3.05) is 12.3 Å². The van der Waals surface area contributed by atoms with Crippen LogP contribution in [0.3, 0.4) is 0 Å². The van der Waals surface area contributed by atoms with E-state index in [9.17, 15) is 9.59 Å². The summed E-state index contributed by atoms with van der Waals surface area (Å²) in [5.74, 6) is -1.61. The van der Waals surface area contributed by atoms with E-state index >= 15 is 0 Å². The Morgan fingerprint density at radius 1 is 1.44 bits per heavy atom. The Balaban J connectivity index is 2.90. The van der Waals surface area contributed by atoms with Gasteiger partial charge in [0.15, 0.2) is 0 Å². The highest BCUT2D eigenvalue weighted by atomic mass is 16.5. The number of carbonyl (C=O) groups excluding carboxylic acids is 1. The molecule has 0 saturated heterocycles. The van der Waals surface area contributed by atoms with E-state index in [1.54, 1.807) is 0 Å². The van der Waals surface area contributed by atoms with Crippen molar-refractivity contribution in [3.63, 3.8) is 0 Å². The molecule has 0 heterocycles. The van der Waals surface area contributed by atoms with E-state index in [1.165, 1.54) is 18.2 Å². The average molecular weight is 223 g/mol. The first-order chi connectivity index (χ1) is 7.56. The molecule has 0 aliphatic carbocycles. The van der Waals surface area contributed by atoms with Crippen molar-refractivity contribution >= 4 is 17.6 Å². The highest BCUT2D eigenvalue weighted by Gasteiger charge is 2.13. The number of hydrogen-bond donors (Lipinski definition) is 2. The van der Waals surface area contributed by atoms with Crippen molar-refractivity contribution < 1.29 is 19.4 Å². The summed E-state index contributed by atoms with van der Waals surface area (Å²) in [5, 5.41) is 8.71. The molecule has 1 rings (SSSR count). The lowest BCUT2D eigenvalue weighted by molar-refractivity contribution is 0.0505. The fourth-order valence-electron chi connectivity index (χ4n) is 1.15. The number of carboxylic acid groups (broad SMARTS) is 1. The van der Waals surface area contributed by atoms with Crippen molar-refractivity contribution in [2.24, 2.45) is 0 Å². The molecule has 0 unspecified atom stereocenters. The molecule has 0 atom stereocenters. The maximum atomic E-state index is 11.5. The van der Waals surface area contributed by atoms with Gasteiger partial charge in [-0.2, -0.15) is 0 Å². The number of esters is 1. The van der Waals surface area contributed by atoms with Gasteiger partial charge in [0, 0.05) is 5.69 Å². The van der Waals surface area contributed by atoms with E-state index in [2.05, 4.69) is 0 Å². The van der Waals surface area contributed by atoms with E-state index in [4.69, 9.17) is 15.6 Å². The monoisotopic (exact) mass is 223 g/mol. The van der Waals surface area contributed by atoms with Gasteiger partial charge in [-0.05, 0) is 24.6 Å². The first-order valence-electron chi connectivity index (χ1n) is 4.86. The first-order valence-corrected chi connectivity index (χ1v) is 4.86. The molecular formula is C11H13NO4. The van der Waals surface area contributed by atoms with Crippen LogP contribution in [0.2, 0.25) is 0 Å². The Bertz CT molecular complexity index is 414. The van der Waals surface area contributed by atoms with Gasteiger partial charge < -0.3 is 15.6 Å². The maximum absolute atomic E-state index is 11.5. The lowest BCUT2D eigenvalue weighted by Crippen LogP contribution is -2.10. The van der Waals surface area contributed by atoms with Gasteiger partial charge in [0.1, 0.15) is 0 Å². The third-order valence-electron chi connectivity index (χ3n) is 1.96. The second-order valence-corrected chi connectivity index (χ2v) is 3.24. The molecule has 0 aromatic heterocycles. The van der Waals surface area contributed by atoms with Crippen LogP contribution < -0.4 is 5.73 Å². The molecule has 1 aromatic rings. The number of anilines is 1. The Morgan fingerprint density at radius 3 is 2.62 bits per heavy atom. The number of rotatable bonds is 4. The van der Waals surface area contributed by atoms with Gasteiger partial charge in [0.2, 0.25) is 0 Å². The zero-order valence-electron chi connectivity index (χ0n) is 8.90. The summed E-state index contributed by atoms with van der Waals surface area (Å²) in [6.07, 6.45) is 0.721. The molecule has 86 valence electrons. The number of benzene rings is 1. The largest absolute Gasteiger partial charge is 0.478 e. The topological polar surface area (TPSA) is 89.6 Å². The summed E-state index contributed by atoms with van der Waals surface area (Å²) in [5.41, 5.74) is 5.92. The van der Waals surface area contributed by atoms with Gasteiger partial charge >= 0.3 is 11.9 Å². The normalized spacial score (nSPS) is 9.81. The predicted octanol–water partition coefficient (Wildman–Crippen LogP) is 1.53. The summed E-state index contributed by atoms with van der Waals surface area (Å²) in [4.78, 5) is 22.1. The zero-order chi connectivity index (χ0) is 12.1. The molecule has 1 aromatic carbocycles. The summed E-state index contributed by atoms with van der Waals surface area (Å²) in [6, 6.07) is 3.92. The van der Waals surface area contributed by atoms with E-state index in [1.807, 2.05) is 6.92 Å². The molecule has 0 radical (unpaired) electrons. The van der Waals surface area contributed by atoms with Crippen molar-refractivity contribution in [2.45, 2.75) is 13.3 Å². The molecule has 16 heavy (non-hydrogen) atoms. The third-order valence-corrected chi connectivity index (χ3v) is 1.96. The molecule has 3 N–H and O–H groups in total. The van der Waals surface area contributed by atoms with E-state index in [0.717, 1.165) is 6.42 Å². The number of nitrogens with two attached hydrogens (primary N) is 1. The lowest BCUT2D eigenvalue weighted by Gasteiger charge is -2.06. The van der Waals surface area contributed by atoms with Crippen LogP contribution in [0.1, 0.15) is 34.1 Å². The van der Waals surface area contributed by atoms with Crippen LogP contribution in [0.15, 0.2) is 18.2 Å². The van der Waals surface area contributed by atoms with Crippen LogP contribution in [0.5, 0.6) is 0 Å². The summed E-state index contributed by atoms with van der Waals surface area (Å²) < 4.78 is 4.89.